The number of rotatable bonds is 6. The van der Waals surface area contributed by atoms with Crippen LogP contribution >= 0.6 is 0 Å². The van der Waals surface area contributed by atoms with Gasteiger partial charge in [0, 0.05) is 5.69 Å². The summed E-state index contributed by atoms with van der Waals surface area (Å²) in [6, 6.07) is 17.1. The molecule has 0 radical (unpaired) electrons. The number of ether oxygens (including phenoxy) is 1. The number of anilines is 1. The first-order chi connectivity index (χ1) is 15.0. The fraction of sp³-hybridized carbons (Fsp3) is 0.250. The molecule has 1 saturated heterocycles. The van der Waals surface area contributed by atoms with Crippen LogP contribution in [0.3, 0.4) is 0 Å². The predicted molar refractivity (Wildman–Crippen MR) is 114 cm³/mol. The van der Waals surface area contributed by atoms with Gasteiger partial charge in [0.15, 0.2) is 6.61 Å². The van der Waals surface area contributed by atoms with Gasteiger partial charge < -0.3 is 10.1 Å². The molecule has 2 aromatic carbocycles. The van der Waals surface area contributed by atoms with E-state index in [2.05, 4.69) is 5.32 Å². The van der Waals surface area contributed by atoms with Gasteiger partial charge in [-0.05, 0) is 36.1 Å². The minimum atomic E-state index is -0.789. The van der Waals surface area contributed by atoms with Crippen LogP contribution in [-0.2, 0) is 23.9 Å². The maximum atomic E-state index is 12.4. The van der Waals surface area contributed by atoms with Gasteiger partial charge in [0.2, 0.25) is 11.8 Å². The van der Waals surface area contributed by atoms with Crippen molar-refractivity contribution in [3.8, 4) is 11.1 Å². The van der Waals surface area contributed by atoms with E-state index >= 15 is 0 Å². The summed E-state index contributed by atoms with van der Waals surface area (Å²) >= 11 is 0. The molecule has 1 fully saturated rings. The number of nitrogens with zero attached hydrogens (tertiary/aromatic N) is 1. The lowest BCUT2D eigenvalue weighted by molar-refractivity contribution is -0.154. The minimum Gasteiger partial charge on any atom is -0.454 e. The average Bonchev–Trinajstić information content (AvgIpc) is 3.04. The Morgan fingerprint density at radius 1 is 0.871 bits per heavy atom. The Morgan fingerprint density at radius 2 is 1.45 bits per heavy atom. The molecule has 7 nitrogen and oxygen atoms in total. The van der Waals surface area contributed by atoms with Crippen molar-refractivity contribution in [1.82, 2.24) is 4.90 Å². The number of nitrogens with one attached hydrogen (secondary N) is 1. The van der Waals surface area contributed by atoms with Gasteiger partial charge in [0.25, 0.3) is 5.91 Å². The summed E-state index contributed by atoms with van der Waals surface area (Å²) in [4.78, 5) is 49.9. The van der Waals surface area contributed by atoms with Gasteiger partial charge in [-0.3, -0.25) is 24.1 Å². The summed E-state index contributed by atoms with van der Waals surface area (Å²) in [5, 5.41) is 2.66. The molecule has 0 spiro atoms. The Morgan fingerprint density at radius 3 is 2.06 bits per heavy atom. The Balaban J connectivity index is 1.26. The second kappa shape index (κ2) is 8.95. The highest BCUT2D eigenvalue weighted by Crippen LogP contribution is 2.34. The summed E-state index contributed by atoms with van der Waals surface area (Å²) in [6.07, 6.45) is 4.77. The zero-order chi connectivity index (χ0) is 21.8. The van der Waals surface area contributed by atoms with E-state index in [4.69, 9.17) is 4.74 Å². The lowest BCUT2D eigenvalue weighted by atomic mass is 9.85. The number of benzene rings is 2. The lowest BCUT2D eigenvalue weighted by Crippen LogP contribution is -2.37. The molecular formula is C24H22N2O5. The van der Waals surface area contributed by atoms with Crippen molar-refractivity contribution >= 4 is 29.4 Å². The number of carbonyl (C=O) groups is 4. The smallest absolute Gasteiger partial charge is 0.326 e. The molecule has 0 aromatic heterocycles. The average molecular weight is 418 g/mol. The van der Waals surface area contributed by atoms with Gasteiger partial charge in [-0.15, -0.1) is 0 Å². The standard InChI is InChI=1S/C24H22N2O5/c27-21(25-18-12-10-17(11-13-18)16-6-2-1-3-7-16)15-31-22(28)14-26-23(29)19-8-4-5-9-20(19)24(26)30/h1-7,10-13,19-20H,8-9,14-15H2,(H,25,27)/t19-,20-/m1/s1. The van der Waals surface area contributed by atoms with E-state index in [1.165, 1.54) is 0 Å². The van der Waals surface area contributed by atoms with E-state index < -0.39 is 36.9 Å². The van der Waals surface area contributed by atoms with Gasteiger partial charge in [0.05, 0.1) is 11.8 Å². The largest absolute Gasteiger partial charge is 0.454 e. The zero-order valence-corrected chi connectivity index (χ0v) is 16.8. The third-order valence-corrected chi connectivity index (χ3v) is 5.53. The number of fused-ring (bicyclic) bond motifs is 1. The van der Waals surface area contributed by atoms with Crippen LogP contribution in [0.4, 0.5) is 5.69 Å². The van der Waals surface area contributed by atoms with Gasteiger partial charge in [-0.25, -0.2) is 0 Å². The number of hydrogen-bond donors (Lipinski definition) is 1. The molecular weight excluding hydrogens is 396 g/mol. The quantitative estimate of drug-likeness (QED) is 0.442. The summed E-state index contributed by atoms with van der Waals surface area (Å²) in [7, 11) is 0. The normalized spacial score (nSPS) is 19.8. The molecule has 2 aromatic rings. The van der Waals surface area contributed by atoms with E-state index in [0.717, 1.165) is 16.0 Å². The van der Waals surface area contributed by atoms with E-state index in [9.17, 15) is 19.2 Å². The molecule has 158 valence electrons. The number of likely N-dealkylation sites (tertiary alicyclic amines) is 1. The fourth-order valence-electron chi connectivity index (χ4n) is 3.92. The third-order valence-electron chi connectivity index (χ3n) is 5.53. The molecule has 4 rings (SSSR count). The summed E-state index contributed by atoms with van der Waals surface area (Å²) in [6.45, 7) is -0.965. The molecule has 0 bridgehead atoms. The van der Waals surface area contributed by atoms with Gasteiger partial charge in [-0.2, -0.15) is 0 Å². The number of carbonyl (C=O) groups excluding carboxylic acids is 4. The van der Waals surface area contributed by atoms with Crippen molar-refractivity contribution in [2.24, 2.45) is 11.8 Å². The van der Waals surface area contributed by atoms with Crippen molar-refractivity contribution in [1.29, 1.82) is 0 Å². The van der Waals surface area contributed by atoms with E-state index in [0.29, 0.717) is 18.5 Å². The number of amides is 3. The molecule has 2 aliphatic rings. The van der Waals surface area contributed by atoms with Gasteiger partial charge in [0.1, 0.15) is 6.54 Å². The van der Waals surface area contributed by atoms with E-state index in [1.54, 1.807) is 12.1 Å². The molecule has 0 unspecified atom stereocenters. The Hall–Kier alpha value is -3.74. The van der Waals surface area contributed by atoms with Crippen molar-refractivity contribution in [3.63, 3.8) is 0 Å². The number of esters is 1. The highest BCUT2D eigenvalue weighted by molar-refractivity contribution is 6.07. The molecule has 1 N–H and O–H groups in total. The molecule has 1 aliphatic heterocycles. The Kier molecular flexibility index (Phi) is 5.93. The molecule has 1 heterocycles. The fourth-order valence-corrected chi connectivity index (χ4v) is 3.92. The van der Waals surface area contributed by atoms with Crippen LogP contribution in [0.15, 0.2) is 66.7 Å². The summed E-state index contributed by atoms with van der Waals surface area (Å²) in [5.74, 6) is -2.78. The maximum absolute atomic E-state index is 12.4. The Labute approximate surface area is 179 Å². The van der Waals surface area contributed by atoms with Crippen LogP contribution in [0.2, 0.25) is 0 Å². The SMILES string of the molecule is O=C(COC(=O)CN1C(=O)[C@@H]2CC=CC[C@H]2C1=O)Nc1ccc(-c2ccccc2)cc1. The molecule has 2 atom stereocenters. The molecule has 3 amide bonds. The van der Waals surface area contributed by atoms with Crippen LogP contribution in [-0.4, -0.2) is 41.7 Å². The molecule has 7 heteroatoms. The minimum absolute atomic E-state index is 0.348. The number of hydrogen-bond acceptors (Lipinski definition) is 5. The van der Waals surface area contributed by atoms with E-state index in [-0.39, 0.29) is 11.8 Å². The summed E-state index contributed by atoms with van der Waals surface area (Å²) in [5.41, 5.74) is 2.65. The third kappa shape index (κ3) is 4.55. The Bertz CT molecular complexity index is 1000. The topological polar surface area (TPSA) is 92.8 Å². The number of allylic oxidation sites excluding steroid dienone is 2. The van der Waals surface area contributed by atoms with Crippen molar-refractivity contribution in [3.05, 3.63) is 66.7 Å². The monoisotopic (exact) mass is 418 g/mol. The summed E-state index contributed by atoms with van der Waals surface area (Å²) < 4.78 is 4.97. The highest BCUT2D eigenvalue weighted by atomic mass is 16.5. The van der Waals surface area contributed by atoms with Gasteiger partial charge in [-0.1, -0.05) is 54.6 Å². The highest BCUT2D eigenvalue weighted by Gasteiger charge is 2.47. The molecule has 31 heavy (non-hydrogen) atoms. The zero-order valence-electron chi connectivity index (χ0n) is 16.8. The van der Waals surface area contributed by atoms with Crippen molar-refractivity contribution < 1.29 is 23.9 Å². The van der Waals surface area contributed by atoms with Crippen LogP contribution in [0.5, 0.6) is 0 Å². The second-order valence-corrected chi connectivity index (χ2v) is 7.57. The molecule has 0 saturated carbocycles. The first-order valence-corrected chi connectivity index (χ1v) is 10.1. The van der Waals surface area contributed by atoms with Gasteiger partial charge >= 0.3 is 5.97 Å². The van der Waals surface area contributed by atoms with Crippen LogP contribution < -0.4 is 5.32 Å². The van der Waals surface area contributed by atoms with Crippen molar-refractivity contribution in [2.45, 2.75) is 12.8 Å². The first-order valence-electron chi connectivity index (χ1n) is 10.1. The maximum Gasteiger partial charge on any atom is 0.326 e. The second-order valence-electron chi connectivity index (χ2n) is 7.57. The lowest BCUT2D eigenvalue weighted by Gasteiger charge is -2.14. The predicted octanol–water partition coefficient (Wildman–Crippen LogP) is 2.79. The first kappa shape index (κ1) is 20.5. The van der Waals surface area contributed by atoms with Crippen molar-refractivity contribution in [2.75, 3.05) is 18.5 Å². The van der Waals surface area contributed by atoms with Crippen LogP contribution in [0.1, 0.15) is 12.8 Å². The van der Waals surface area contributed by atoms with Crippen LogP contribution in [0, 0.1) is 11.8 Å². The molecule has 1 aliphatic carbocycles. The number of imide groups is 1. The van der Waals surface area contributed by atoms with E-state index in [1.807, 2.05) is 54.6 Å². The van der Waals surface area contributed by atoms with Crippen LogP contribution in [0.25, 0.3) is 11.1 Å².